The molecule has 0 radical (unpaired) electrons. The van der Waals surface area contributed by atoms with E-state index in [0.29, 0.717) is 23.7 Å². The van der Waals surface area contributed by atoms with Gasteiger partial charge in [0.25, 0.3) is 5.91 Å². The molecule has 1 heterocycles. The van der Waals surface area contributed by atoms with Gasteiger partial charge in [-0.25, -0.2) is 4.39 Å². The zero-order valence-electron chi connectivity index (χ0n) is 20.5. The van der Waals surface area contributed by atoms with E-state index in [-0.39, 0.29) is 30.8 Å². The maximum atomic E-state index is 13.3. The molecular formula is C31H25FN2O4. The Morgan fingerprint density at radius 1 is 0.947 bits per heavy atom. The number of nitrogens with zero attached hydrogens (tertiary/aromatic N) is 1. The van der Waals surface area contributed by atoms with Gasteiger partial charge in [0, 0.05) is 11.8 Å². The van der Waals surface area contributed by atoms with Gasteiger partial charge in [-0.3, -0.25) is 9.59 Å². The molecule has 1 N–H and O–H groups in total. The average molecular weight is 509 g/mol. The third-order valence-electron chi connectivity index (χ3n) is 5.98. The third-order valence-corrected chi connectivity index (χ3v) is 5.98. The summed E-state index contributed by atoms with van der Waals surface area (Å²) >= 11 is 0. The summed E-state index contributed by atoms with van der Waals surface area (Å²) in [6, 6.07) is 28.5. The van der Waals surface area contributed by atoms with Gasteiger partial charge >= 0.3 is 0 Å². The van der Waals surface area contributed by atoms with Crippen LogP contribution in [0.25, 0.3) is 6.08 Å². The number of hydrogen-bond acceptors (Lipinski definition) is 4. The molecule has 0 saturated carbocycles. The lowest BCUT2D eigenvalue weighted by Crippen LogP contribution is -2.38. The molecule has 6 nitrogen and oxygen atoms in total. The van der Waals surface area contributed by atoms with Gasteiger partial charge < -0.3 is 19.7 Å². The fourth-order valence-electron chi connectivity index (χ4n) is 4.00. The molecule has 0 spiro atoms. The maximum absolute atomic E-state index is 13.3. The van der Waals surface area contributed by atoms with Crippen LogP contribution in [0.5, 0.6) is 11.5 Å². The number of carbonyl (C=O) groups is 2. The molecule has 1 aliphatic rings. The standard InChI is InChI=1S/C31H25FN2O4/c32-25-11-6-23(7-12-25)19-34-28-18-26(13-16-29(28)38-21-31(34)36)33-30(35)17-10-22-8-14-27(15-9-22)37-20-24-4-2-1-3-5-24/h1-18H,19-21H2,(H,33,35)/b17-10+. The van der Waals surface area contributed by atoms with Crippen molar-refractivity contribution in [3.8, 4) is 11.5 Å². The zero-order chi connectivity index (χ0) is 26.3. The van der Waals surface area contributed by atoms with Crippen LogP contribution in [0.1, 0.15) is 16.7 Å². The van der Waals surface area contributed by atoms with Crippen molar-refractivity contribution in [1.29, 1.82) is 0 Å². The molecule has 0 saturated heterocycles. The summed E-state index contributed by atoms with van der Waals surface area (Å²) in [7, 11) is 0. The lowest BCUT2D eigenvalue weighted by Gasteiger charge is -2.30. The largest absolute Gasteiger partial charge is 0.489 e. The van der Waals surface area contributed by atoms with Crippen LogP contribution in [0.2, 0.25) is 0 Å². The second-order valence-corrected chi connectivity index (χ2v) is 8.74. The van der Waals surface area contributed by atoms with Gasteiger partial charge in [0.15, 0.2) is 6.61 Å². The molecule has 38 heavy (non-hydrogen) atoms. The number of benzene rings is 4. The van der Waals surface area contributed by atoms with Crippen molar-refractivity contribution in [1.82, 2.24) is 0 Å². The van der Waals surface area contributed by atoms with E-state index in [1.165, 1.54) is 18.2 Å². The van der Waals surface area contributed by atoms with Crippen LogP contribution in [-0.4, -0.2) is 18.4 Å². The van der Waals surface area contributed by atoms with E-state index in [0.717, 1.165) is 22.4 Å². The molecule has 0 unspecified atom stereocenters. The van der Waals surface area contributed by atoms with E-state index >= 15 is 0 Å². The Morgan fingerprint density at radius 3 is 2.47 bits per heavy atom. The molecule has 1 aliphatic heterocycles. The minimum absolute atomic E-state index is 0.0846. The van der Waals surface area contributed by atoms with Crippen LogP contribution in [0.4, 0.5) is 15.8 Å². The van der Waals surface area contributed by atoms with E-state index in [2.05, 4.69) is 5.32 Å². The number of nitrogens with one attached hydrogen (secondary N) is 1. The van der Waals surface area contributed by atoms with Gasteiger partial charge in [0.2, 0.25) is 5.91 Å². The number of fused-ring (bicyclic) bond motifs is 1. The van der Waals surface area contributed by atoms with E-state index in [1.54, 1.807) is 41.3 Å². The van der Waals surface area contributed by atoms with Gasteiger partial charge in [-0.15, -0.1) is 0 Å². The van der Waals surface area contributed by atoms with E-state index < -0.39 is 0 Å². The number of anilines is 2. The van der Waals surface area contributed by atoms with E-state index in [1.807, 2.05) is 54.6 Å². The molecule has 4 aromatic carbocycles. The Kier molecular flexibility index (Phi) is 7.45. The first-order chi connectivity index (χ1) is 18.5. The van der Waals surface area contributed by atoms with Crippen molar-refractivity contribution in [3.05, 3.63) is 126 Å². The highest BCUT2D eigenvalue weighted by atomic mass is 19.1. The smallest absolute Gasteiger partial charge is 0.265 e. The summed E-state index contributed by atoms with van der Waals surface area (Å²) in [5.41, 5.74) is 3.78. The normalized spacial score (nSPS) is 12.7. The van der Waals surface area contributed by atoms with Crippen molar-refractivity contribution < 1.29 is 23.5 Å². The van der Waals surface area contributed by atoms with Gasteiger partial charge in [-0.2, -0.15) is 0 Å². The number of carbonyl (C=O) groups excluding carboxylic acids is 2. The zero-order valence-corrected chi connectivity index (χ0v) is 20.5. The van der Waals surface area contributed by atoms with Crippen molar-refractivity contribution in [2.45, 2.75) is 13.2 Å². The van der Waals surface area contributed by atoms with Gasteiger partial charge in [-0.1, -0.05) is 54.6 Å². The third kappa shape index (κ3) is 6.25. The molecule has 2 amide bonds. The van der Waals surface area contributed by atoms with Crippen LogP contribution in [0.3, 0.4) is 0 Å². The Balaban J connectivity index is 1.21. The lowest BCUT2D eigenvalue weighted by atomic mass is 10.1. The second-order valence-electron chi connectivity index (χ2n) is 8.74. The average Bonchev–Trinajstić information content (AvgIpc) is 2.94. The lowest BCUT2D eigenvalue weighted by molar-refractivity contribution is -0.121. The van der Waals surface area contributed by atoms with Crippen molar-refractivity contribution in [2.24, 2.45) is 0 Å². The first-order valence-corrected chi connectivity index (χ1v) is 12.1. The Labute approximate surface area is 219 Å². The maximum Gasteiger partial charge on any atom is 0.265 e. The molecule has 0 fully saturated rings. The van der Waals surface area contributed by atoms with Crippen molar-refractivity contribution in [2.75, 3.05) is 16.8 Å². The van der Waals surface area contributed by atoms with Crippen molar-refractivity contribution in [3.63, 3.8) is 0 Å². The SMILES string of the molecule is O=C(/C=C/c1ccc(OCc2ccccc2)cc1)Nc1ccc2c(c1)N(Cc1ccc(F)cc1)C(=O)CO2. The summed E-state index contributed by atoms with van der Waals surface area (Å²) in [6.45, 7) is 0.660. The highest BCUT2D eigenvalue weighted by Gasteiger charge is 2.26. The molecule has 4 aromatic rings. The number of rotatable bonds is 8. The number of hydrogen-bond donors (Lipinski definition) is 1. The van der Waals surface area contributed by atoms with Crippen LogP contribution in [-0.2, 0) is 22.7 Å². The van der Waals surface area contributed by atoms with E-state index in [9.17, 15) is 14.0 Å². The Bertz CT molecular complexity index is 1450. The summed E-state index contributed by atoms with van der Waals surface area (Å²) in [6.07, 6.45) is 3.15. The quantitative estimate of drug-likeness (QED) is 0.297. The topological polar surface area (TPSA) is 67.9 Å². The molecule has 190 valence electrons. The van der Waals surface area contributed by atoms with Gasteiger partial charge in [-0.05, 0) is 65.2 Å². The minimum Gasteiger partial charge on any atom is -0.489 e. The van der Waals surface area contributed by atoms with Crippen LogP contribution >= 0.6 is 0 Å². The van der Waals surface area contributed by atoms with Gasteiger partial charge in [0.05, 0.1) is 12.2 Å². The van der Waals surface area contributed by atoms with E-state index in [4.69, 9.17) is 9.47 Å². The predicted molar refractivity (Wildman–Crippen MR) is 144 cm³/mol. The Morgan fingerprint density at radius 2 is 1.71 bits per heavy atom. The second kappa shape index (κ2) is 11.4. The van der Waals surface area contributed by atoms with Crippen LogP contribution in [0.15, 0.2) is 103 Å². The predicted octanol–water partition coefficient (Wildman–Crippen LogP) is 5.98. The fraction of sp³-hybridized carbons (Fsp3) is 0.0968. The molecular weight excluding hydrogens is 483 g/mol. The highest BCUT2D eigenvalue weighted by molar-refractivity contribution is 6.03. The minimum atomic E-state index is -0.340. The summed E-state index contributed by atoms with van der Waals surface area (Å²) in [5, 5.41) is 2.83. The summed E-state index contributed by atoms with van der Waals surface area (Å²) in [5.74, 6) is 0.401. The number of amides is 2. The highest BCUT2D eigenvalue weighted by Crippen LogP contribution is 2.35. The summed E-state index contributed by atoms with van der Waals surface area (Å²) < 4.78 is 24.6. The summed E-state index contributed by atoms with van der Waals surface area (Å²) in [4.78, 5) is 26.7. The van der Waals surface area contributed by atoms with Gasteiger partial charge in [0.1, 0.15) is 23.9 Å². The molecule has 5 rings (SSSR count). The van der Waals surface area contributed by atoms with Crippen molar-refractivity contribution >= 4 is 29.3 Å². The molecule has 0 atom stereocenters. The molecule has 0 bridgehead atoms. The van der Waals surface area contributed by atoms with Crippen LogP contribution in [0, 0.1) is 5.82 Å². The number of ether oxygens (including phenoxy) is 2. The fourth-order valence-corrected chi connectivity index (χ4v) is 4.00. The molecule has 7 heteroatoms. The first-order valence-electron chi connectivity index (χ1n) is 12.1. The monoisotopic (exact) mass is 508 g/mol. The molecule has 0 aromatic heterocycles. The Hall–Kier alpha value is -4.91. The van der Waals surface area contributed by atoms with Crippen LogP contribution < -0.4 is 19.7 Å². The molecule has 0 aliphatic carbocycles. The first kappa shape index (κ1) is 24.8. The number of halogens is 1.